The van der Waals surface area contributed by atoms with Gasteiger partial charge in [0.2, 0.25) is 0 Å². The van der Waals surface area contributed by atoms with Crippen LogP contribution in [-0.4, -0.2) is 0 Å². The van der Waals surface area contributed by atoms with Crippen molar-refractivity contribution in [2.75, 3.05) is 4.90 Å². The van der Waals surface area contributed by atoms with Crippen LogP contribution in [0.5, 0.6) is 0 Å². The Balaban J connectivity index is 1.11. The molecule has 0 N–H and O–H groups in total. The van der Waals surface area contributed by atoms with Gasteiger partial charge >= 0.3 is 0 Å². The predicted octanol–water partition coefficient (Wildman–Crippen LogP) is 14.8. The van der Waals surface area contributed by atoms with Crippen LogP contribution in [0.2, 0.25) is 0 Å². The molecular formula is C57H39NO. The summed E-state index contributed by atoms with van der Waals surface area (Å²) in [7, 11) is 0. The molecule has 278 valence electrons. The van der Waals surface area contributed by atoms with Crippen LogP contribution < -0.4 is 4.90 Å². The van der Waals surface area contributed by atoms with E-state index in [2.05, 4.69) is 230 Å². The summed E-state index contributed by atoms with van der Waals surface area (Å²) >= 11 is 0. The van der Waals surface area contributed by atoms with Crippen molar-refractivity contribution in [3.05, 3.63) is 257 Å². The highest BCUT2D eigenvalue weighted by Crippen LogP contribution is 2.58. The fourth-order valence-electron chi connectivity index (χ4n) is 10.6. The van der Waals surface area contributed by atoms with Crippen molar-refractivity contribution >= 4 is 39.0 Å². The Bertz CT molecular complexity index is 3150. The quantitative estimate of drug-likeness (QED) is 0.168. The van der Waals surface area contributed by atoms with E-state index in [4.69, 9.17) is 4.42 Å². The fraction of sp³-hybridized carbons (Fsp3) is 0.0526. The van der Waals surface area contributed by atoms with E-state index in [0.717, 1.165) is 39.0 Å². The van der Waals surface area contributed by atoms with E-state index < -0.39 is 5.41 Å². The van der Waals surface area contributed by atoms with E-state index in [1.54, 1.807) is 0 Å². The molecular weight excluding hydrogens is 715 g/mol. The van der Waals surface area contributed by atoms with Crippen LogP contribution in [-0.2, 0) is 10.8 Å². The molecule has 9 aromatic carbocycles. The van der Waals surface area contributed by atoms with Gasteiger partial charge in [0, 0.05) is 22.2 Å². The minimum Gasteiger partial charge on any atom is -0.456 e. The zero-order valence-electron chi connectivity index (χ0n) is 32.6. The van der Waals surface area contributed by atoms with Crippen LogP contribution in [0.4, 0.5) is 17.1 Å². The van der Waals surface area contributed by atoms with E-state index in [0.29, 0.717) is 0 Å². The third kappa shape index (κ3) is 4.69. The second-order valence-corrected chi connectivity index (χ2v) is 16.1. The average molecular weight is 754 g/mol. The smallest absolute Gasteiger partial charge is 0.137 e. The molecule has 1 heterocycles. The Kier molecular flexibility index (Phi) is 7.31. The second kappa shape index (κ2) is 12.8. The highest BCUT2D eigenvalue weighted by molar-refractivity contribution is 6.14. The molecule has 59 heavy (non-hydrogen) atoms. The molecule has 2 heteroatoms. The number of hydrogen-bond acceptors (Lipinski definition) is 2. The highest BCUT2D eigenvalue weighted by Gasteiger charge is 2.46. The minimum atomic E-state index is -0.515. The number of hydrogen-bond donors (Lipinski definition) is 0. The standard InChI is InChI=1S/C57H39NO/c1-56(48-27-14-11-24-43(48)44-25-12-15-28-49(44)56)40-32-35-53-47(36-40)55-52(30-17-31-54(55)59-53)58(41-22-9-4-10-23-41)42-33-34-46-45-26-13-16-29-50(45)57(51(46)37-42,38-18-5-2-6-19-38)39-20-7-3-8-21-39/h2-37H,1H3. The van der Waals surface area contributed by atoms with Crippen LogP contribution in [0.1, 0.15) is 45.9 Å². The summed E-state index contributed by atoms with van der Waals surface area (Å²) in [4.78, 5) is 2.43. The first kappa shape index (κ1) is 33.7. The van der Waals surface area contributed by atoms with Gasteiger partial charge in [-0.1, -0.05) is 170 Å². The van der Waals surface area contributed by atoms with Crippen molar-refractivity contribution in [2.45, 2.75) is 17.8 Å². The molecule has 2 aliphatic rings. The Labute approximate surface area is 344 Å². The van der Waals surface area contributed by atoms with Crippen LogP contribution in [0.25, 0.3) is 44.2 Å². The van der Waals surface area contributed by atoms with Gasteiger partial charge in [0.05, 0.1) is 16.5 Å². The minimum absolute atomic E-state index is 0.327. The molecule has 0 bridgehead atoms. The molecule has 0 aliphatic heterocycles. The van der Waals surface area contributed by atoms with E-state index in [1.165, 1.54) is 61.2 Å². The predicted molar refractivity (Wildman–Crippen MR) is 243 cm³/mol. The maximum absolute atomic E-state index is 6.74. The molecule has 0 amide bonds. The molecule has 0 radical (unpaired) electrons. The number of furan rings is 1. The van der Waals surface area contributed by atoms with E-state index >= 15 is 0 Å². The molecule has 10 aromatic rings. The number of para-hydroxylation sites is 1. The largest absolute Gasteiger partial charge is 0.456 e. The van der Waals surface area contributed by atoms with E-state index in [9.17, 15) is 0 Å². The SMILES string of the molecule is CC1(c2ccc3oc4cccc(N(c5ccccc5)c5ccc6c(c5)C(c5ccccc5)(c5ccccc5)c5ccccc5-6)c4c3c2)c2ccccc2-c2ccccc21. The molecule has 0 saturated heterocycles. The first-order valence-electron chi connectivity index (χ1n) is 20.5. The van der Waals surface area contributed by atoms with Gasteiger partial charge in [0.1, 0.15) is 11.2 Å². The van der Waals surface area contributed by atoms with Gasteiger partial charge in [0.25, 0.3) is 0 Å². The van der Waals surface area contributed by atoms with Gasteiger partial charge in [-0.2, -0.15) is 0 Å². The molecule has 0 saturated carbocycles. The monoisotopic (exact) mass is 753 g/mol. The Morgan fingerprint density at radius 1 is 0.373 bits per heavy atom. The average Bonchev–Trinajstić information content (AvgIpc) is 3.92. The van der Waals surface area contributed by atoms with Gasteiger partial charge in [-0.05, 0) is 117 Å². The van der Waals surface area contributed by atoms with Gasteiger partial charge in [-0.25, -0.2) is 0 Å². The lowest BCUT2D eigenvalue weighted by molar-refractivity contribution is 0.667. The first-order valence-corrected chi connectivity index (χ1v) is 20.5. The lowest BCUT2D eigenvalue weighted by atomic mass is 9.67. The van der Waals surface area contributed by atoms with Crippen LogP contribution in [0.15, 0.2) is 223 Å². The fourth-order valence-corrected chi connectivity index (χ4v) is 10.6. The normalized spacial score (nSPS) is 14.1. The summed E-state index contributed by atoms with van der Waals surface area (Å²) in [6.45, 7) is 2.38. The summed E-state index contributed by atoms with van der Waals surface area (Å²) in [5, 5.41) is 2.20. The van der Waals surface area contributed by atoms with Gasteiger partial charge in [-0.3, -0.25) is 0 Å². The van der Waals surface area contributed by atoms with Crippen LogP contribution in [0, 0.1) is 0 Å². The molecule has 0 spiro atoms. The molecule has 12 rings (SSSR count). The van der Waals surface area contributed by atoms with Crippen LogP contribution in [0.3, 0.4) is 0 Å². The molecule has 0 atom stereocenters. The number of benzene rings is 9. The number of fused-ring (bicyclic) bond motifs is 9. The van der Waals surface area contributed by atoms with Crippen molar-refractivity contribution in [3.8, 4) is 22.3 Å². The lowest BCUT2D eigenvalue weighted by Crippen LogP contribution is -2.28. The molecule has 2 aliphatic carbocycles. The van der Waals surface area contributed by atoms with Crippen molar-refractivity contribution in [1.82, 2.24) is 0 Å². The van der Waals surface area contributed by atoms with Crippen LogP contribution >= 0.6 is 0 Å². The molecule has 2 nitrogen and oxygen atoms in total. The topological polar surface area (TPSA) is 16.4 Å². The van der Waals surface area contributed by atoms with Crippen molar-refractivity contribution in [1.29, 1.82) is 0 Å². The second-order valence-electron chi connectivity index (χ2n) is 16.1. The zero-order valence-corrected chi connectivity index (χ0v) is 32.6. The Hall–Kier alpha value is -7.42. The number of anilines is 3. The first-order chi connectivity index (χ1) is 29.2. The van der Waals surface area contributed by atoms with E-state index in [-0.39, 0.29) is 5.41 Å². The third-order valence-corrected chi connectivity index (χ3v) is 13.2. The zero-order chi connectivity index (χ0) is 39.1. The summed E-state index contributed by atoms with van der Waals surface area (Å²) < 4.78 is 6.74. The van der Waals surface area contributed by atoms with Gasteiger partial charge in [-0.15, -0.1) is 0 Å². The molecule has 0 fully saturated rings. The van der Waals surface area contributed by atoms with Crippen molar-refractivity contribution in [3.63, 3.8) is 0 Å². The number of nitrogens with zero attached hydrogens (tertiary/aromatic N) is 1. The Morgan fingerprint density at radius 3 is 1.56 bits per heavy atom. The highest BCUT2D eigenvalue weighted by atomic mass is 16.3. The van der Waals surface area contributed by atoms with Gasteiger partial charge in [0.15, 0.2) is 0 Å². The summed E-state index contributed by atoms with van der Waals surface area (Å²) in [5.74, 6) is 0. The van der Waals surface area contributed by atoms with E-state index in [1.807, 2.05) is 0 Å². The van der Waals surface area contributed by atoms with Crippen molar-refractivity contribution < 1.29 is 4.42 Å². The summed E-state index contributed by atoms with van der Waals surface area (Å²) in [6.07, 6.45) is 0. The molecule has 1 aromatic heterocycles. The van der Waals surface area contributed by atoms with Crippen molar-refractivity contribution in [2.24, 2.45) is 0 Å². The van der Waals surface area contributed by atoms with Gasteiger partial charge < -0.3 is 9.32 Å². The summed E-state index contributed by atoms with van der Waals surface area (Å²) in [5.41, 5.74) is 18.3. The maximum Gasteiger partial charge on any atom is 0.137 e. The lowest BCUT2D eigenvalue weighted by Gasteiger charge is -2.35. The maximum atomic E-state index is 6.74. The summed E-state index contributed by atoms with van der Waals surface area (Å²) in [6, 6.07) is 80.0. The third-order valence-electron chi connectivity index (χ3n) is 13.2. The Morgan fingerprint density at radius 2 is 0.915 bits per heavy atom. The molecule has 0 unspecified atom stereocenters. The number of rotatable bonds is 6.